The number of rotatable bonds is 7. The summed E-state index contributed by atoms with van der Waals surface area (Å²) in [6, 6.07) is 7.84. The molecular weight excluding hydrogens is 396 g/mol. The Morgan fingerprint density at radius 2 is 1.54 bits per heavy atom. The first-order valence-electron chi connectivity index (χ1n) is 6.76. The summed E-state index contributed by atoms with van der Waals surface area (Å²) in [5.74, 6) is -4.99. The minimum absolute atomic E-state index is 0.390. The first-order valence-corrected chi connectivity index (χ1v) is 8.33. The van der Waals surface area contributed by atoms with E-state index in [-0.39, 0.29) is 0 Å². The quantitative estimate of drug-likeness (QED) is 0.423. The fourth-order valence-electron chi connectivity index (χ4n) is 1.83. The molecule has 0 aliphatic carbocycles. The van der Waals surface area contributed by atoms with Gasteiger partial charge in [0.1, 0.15) is 0 Å². The molecule has 1 aromatic carbocycles. The molecular formula is C13H12F6NO5S-. The molecule has 0 radical (unpaired) electrons. The lowest BCUT2D eigenvalue weighted by atomic mass is 10.1. The lowest BCUT2D eigenvalue weighted by Crippen LogP contribution is -2.63. The molecule has 26 heavy (non-hydrogen) atoms. The normalized spacial score (nSPS) is 13.3. The van der Waals surface area contributed by atoms with Crippen molar-refractivity contribution < 1.29 is 48.8 Å². The van der Waals surface area contributed by atoms with Crippen LogP contribution in [-0.4, -0.2) is 49.2 Å². The topological polar surface area (TPSA) is 95.5 Å². The van der Waals surface area contributed by atoms with Gasteiger partial charge >= 0.3 is 23.9 Å². The number of halogens is 6. The van der Waals surface area contributed by atoms with Gasteiger partial charge in [-0.25, -0.2) is 8.42 Å². The third-order valence-corrected chi connectivity index (χ3v) is 3.78. The molecule has 0 bridgehead atoms. The molecule has 0 heterocycles. The van der Waals surface area contributed by atoms with Crippen molar-refractivity contribution in [3.63, 3.8) is 0 Å². The number of carbonyl (C=O) groups is 1. The Bertz CT molecular complexity index is 703. The molecule has 0 fully saturated rings. The highest BCUT2D eigenvalue weighted by Gasteiger charge is 2.75. The van der Waals surface area contributed by atoms with Crippen molar-refractivity contribution in [1.82, 2.24) is 0 Å². The van der Waals surface area contributed by atoms with Crippen LogP contribution >= 0.6 is 0 Å². The first kappa shape index (κ1) is 22.0. The van der Waals surface area contributed by atoms with E-state index in [9.17, 15) is 44.1 Å². The molecule has 0 aliphatic rings. The standard InChI is InChI=1S/C13H13F6NO5S/c14-12(15,16)11(13(17,18)19,8-26(22,23)24)25-10(21)6-7-20-9-4-2-1-3-5-9/h1-5,20H,6-8H2,(H,22,23,24)/p-1. The fraction of sp³-hybridized carbons (Fsp3) is 0.462. The van der Waals surface area contributed by atoms with Crippen molar-refractivity contribution in [2.45, 2.75) is 24.4 Å². The van der Waals surface area contributed by atoms with Gasteiger partial charge < -0.3 is 14.6 Å². The predicted octanol–water partition coefficient (Wildman–Crippen LogP) is 2.44. The van der Waals surface area contributed by atoms with Crippen LogP contribution in [0.15, 0.2) is 30.3 Å². The van der Waals surface area contributed by atoms with Crippen molar-refractivity contribution >= 4 is 21.8 Å². The van der Waals surface area contributed by atoms with Gasteiger partial charge in [-0.1, -0.05) is 18.2 Å². The predicted molar refractivity (Wildman–Crippen MR) is 75.0 cm³/mol. The van der Waals surface area contributed by atoms with Crippen LogP contribution in [0.3, 0.4) is 0 Å². The Kier molecular flexibility index (Phi) is 6.52. The lowest BCUT2D eigenvalue weighted by Gasteiger charge is -2.36. The van der Waals surface area contributed by atoms with E-state index in [0.29, 0.717) is 5.69 Å². The van der Waals surface area contributed by atoms with Crippen LogP contribution in [0, 0.1) is 0 Å². The molecule has 1 aromatic rings. The molecule has 0 aliphatic heterocycles. The van der Waals surface area contributed by atoms with Crippen molar-refractivity contribution in [2.75, 3.05) is 17.6 Å². The molecule has 0 saturated carbocycles. The summed E-state index contributed by atoms with van der Waals surface area (Å²) in [6.45, 7) is -0.390. The van der Waals surface area contributed by atoms with Gasteiger partial charge in [0.05, 0.1) is 22.3 Å². The van der Waals surface area contributed by atoms with Crippen LogP contribution in [0.4, 0.5) is 32.0 Å². The molecule has 13 heteroatoms. The lowest BCUT2D eigenvalue weighted by molar-refractivity contribution is -0.361. The number of carbonyl (C=O) groups excluding carboxylic acids is 1. The van der Waals surface area contributed by atoms with Crippen molar-refractivity contribution in [2.24, 2.45) is 0 Å². The molecule has 0 unspecified atom stereocenters. The van der Waals surface area contributed by atoms with Crippen LogP contribution in [0.25, 0.3) is 0 Å². The zero-order chi connectivity index (χ0) is 20.2. The Morgan fingerprint density at radius 1 is 1.04 bits per heavy atom. The summed E-state index contributed by atoms with van der Waals surface area (Å²) < 4.78 is 113. The van der Waals surface area contributed by atoms with E-state index >= 15 is 0 Å². The third-order valence-electron chi connectivity index (χ3n) is 3.02. The minimum atomic E-state index is -6.37. The fourth-order valence-corrected chi connectivity index (χ4v) is 2.71. The van der Waals surface area contributed by atoms with Gasteiger partial charge in [-0.2, -0.15) is 26.3 Å². The van der Waals surface area contributed by atoms with Crippen LogP contribution in [0.2, 0.25) is 0 Å². The van der Waals surface area contributed by atoms with E-state index in [2.05, 4.69) is 10.1 Å². The average molecular weight is 408 g/mol. The summed E-state index contributed by atoms with van der Waals surface area (Å²) >= 11 is 0. The van der Waals surface area contributed by atoms with Crippen LogP contribution < -0.4 is 5.32 Å². The molecule has 1 N–H and O–H groups in total. The van der Waals surface area contributed by atoms with Crippen LogP contribution in [0.5, 0.6) is 0 Å². The largest absolute Gasteiger partial charge is 0.748 e. The van der Waals surface area contributed by atoms with Gasteiger partial charge in [0, 0.05) is 12.2 Å². The summed E-state index contributed by atoms with van der Waals surface area (Å²) in [6.07, 6.45) is -13.7. The van der Waals surface area contributed by atoms with Gasteiger partial charge in [-0.3, -0.25) is 4.79 Å². The monoisotopic (exact) mass is 408 g/mol. The van der Waals surface area contributed by atoms with E-state index in [1.165, 1.54) is 12.1 Å². The Morgan fingerprint density at radius 3 is 1.96 bits per heavy atom. The smallest absolute Gasteiger partial charge is 0.438 e. The zero-order valence-electron chi connectivity index (χ0n) is 12.7. The number of alkyl halides is 6. The Balaban J connectivity index is 2.95. The maximum Gasteiger partial charge on any atom is 0.438 e. The highest BCUT2D eigenvalue weighted by Crippen LogP contribution is 2.46. The summed E-state index contributed by atoms with van der Waals surface area (Å²) in [5, 5.41) is 2.54. The van der Waals surface area contributed by atoms with E-state index in [0.717, 1.165) is 0 Å². The molecule has 0 saturated heterocycles. The number of hydrogen-bond acceptors (Lipinski definition) is 6. The Labute approximate surface area is 143 Å². The number of esters is 1. The number of ether oxygens (including phenoxy) is 1. The summed E-state index contributed by atoms with van der Waals surface area (Å²) in [7, 11) is -6.04. The van der Waals surface area contributed by atoms with E-state index in [1.807, 2.05) is 0 Å². The van der Waals surface area contributed by atoms with Gasteiger partial charge in [0.25, 0.3) is 0 Å². The third kappa shape index (κ3) is 5.76. The van der Waals surface area contributed by atoms with Gasteiger partial charge in [-0.15, -0.1) is 0 Å². The molecule has 0 amide bonds. The Hall–Kier alpha value is -2.02. The second kappa shape index (κ2) is 7.70. The summed E-state index contributed by atoms with van der Waals surface area (Å²) in [5.41, 5.74) is -5.01. The molecule has 0 spiro atoms. The molecule has 6 nitrogen and oxygen atoms in total. The maximum absolute atomic E-state index is 12.9. The number of nitrogens with one attached hydrogen (secondary N) is 1. The zero-order valence-corrected chi connectivity index (χ0v) is 13.5. The van der Waals surface area contributed by atoms with E-state index < -0.39 is 52.8 Å². The minimum Gasteiger partial charge on any atom is -0.748 e. The van der Waals surface area contributed by atoms with Gasteiger partial charge in [0.2, 0.25) is 0 Å². The second-order valence-electron chi connectivity index (χ2n) is 5.04. The van der Waals surface area contributed by atoms with E-state index in [1.54, 1.807) is 18.2 Å². The van der Waals surface area contributed by atoms with Crippen molar-refractivity contribution in [3.8, 4) is 0 Å². The summed E-state index contributed by atoms with van der Waals surface area (Å²) in [4.78, 5) is 11.5. The van der Waals surface area contributed by atoms with E-state index in [4.69, 9.17) is 0 Å². The number of benzene rings is 1. The van der Waals surface area contributed by atoms with Crippen LogP contribution in [-0.2, 0) is 19.6 Å². The number of para-hydroxylation sites is 1. The van der Waals surface area contributed by atoms with Gasteiger partial charge in [0.15, 0.2) is 0 Å². The van der Waals surface area contributed by atoms with Crippen molar-refractivity contribution in [3.05, 3.63) is 30.3 Å². The molecule has 0 atom stereocenters. The highest BCUT2D eigenvalue weighted by atomic mass is 32.2. The maximum atomic E-state index is 12.9. The average Bonchev–Trinajstić information content (AvgIpc) is 2.44. The number of hydrogen-bond donors (Lipinski definition) is 1. The van der Waals surface area contributed by atoms with Gasteiger partial charge in [-0.05, 0) is 12.1 Å². The first-order chi connectivity index (χ1) is 11.7. The molecule has 148 valence electrons. The number of anilines is 1. The molecule has 0 aromatic heterocycles. The van der Waals surface area contributed by atoms with Crippen molar-refractivity contribution in [1.29, 1.82) is 0 Å². The molecule has 1 rings (SSSR count). The highest BCUT2D eigenvalue weighted by molar-refractivity contribution is 7.85. The van der Waals surface area contributed by atoms with Crippen LogP contribution in [0.1, 0.15) is 6.42 Å². The SMILES string of the molecule is O=C(CCNc1ccccc1)OC(CS(=O)(=O)[O-])(C(F)(F)F)C(F)(F)F. The second-order valence-corrected chi connectivity index (χ2v) is 6.45.